The van der Waals surface area contributed by atoms with E-state index >= 15 is 0 Å². The third-order valence-corrected chi connectivity index (χ3v) is 3.95. The van der Waals surface area contributed by atoms with E-state index in [2.05, 4.69) is 24.3 Å². The fourth-order valence-electron chi connectivity index (χ4n) is 2.31. The van der Waals surface area contributed by atoms with E-state index in [0.717, 1.165) is 6.42 Å². The molecular formula is C18H22N2O4. The standard InChI is InChI=1S/C18H22N2O4/c1-5-11(2)14-6-8-15(9-7-14)19-16(21)10-23-18(22)17-12(3)20-24-13(17)4/h6-9,11H,5,10H2,1-4H3,(H,19,21). The van der Waals surface area contributed by atoms with Crippen molar-refractivity contribution in [1.29, 1.82) is 0 Å². The molecule has 0 aliphatic rings. The Bertz CT molecular complexity index is 700. The third kappa shape index (κ3) is 4.22. The highest BCUT2D eigenvalue weighted by Gasteiger charge is 2.19. The number of anilines is 1. The van der Waals surface area contributed by atoms with Gasteiger partial charge in [0.15, 0.2) is 6.61 Å². The first-order valence-corrected chi connectivity index (χ1v) is 7.92. The minimum Gasteiger partial charge on any atom is -0.452 e. The van der Waals surface area contributed by atoms with Crippen LogP contribution < -0.4 is 5.32 Å². The summed E-state index contributed by atoms with van der Waals surface area (Å²) in [5.41, 5.74) is 2.60. The van der Waals surface area contributed by atoms with E-state index < -0.39 is 11.9 Å². The number of amides is 1. The van der Waals surface area contributed by atoms with Crippen molar-refractivity contribution < 1.29 is 18.8 Å². The van der Waals surface area contributed by atoms with Crippen molar-refractivity contribution >= 4 is 17.6 Å². The molecule has 1 aromatic carbocycles. The number of hydrogen-bond donors (Lipinski definition) is 1. The molecule has 0 saturated heterocycles. The lowest BCUT2D eigenvalue weighted by atomic mass is 9.99. The van der Waals surface area contributed by atoms with Gasteiger partial charge in [-0.2, -0.15) is 0 Å². The second-order valence-corrected chi connectivity index (χ2v) is 5.75. The summed E-state index contributed by atoms with van der Waals surface area (Å²) in [6, 6.07) is 7.66. The number of carbonyl (C=O) groups excluding carboxylic acids is 2. The van der Waals surface area contributed by atoms with Gasteiger partial charge in [-0.3, -0.25) is 4.79 Å². The van der Waals surface area contributed by atoms with Gasteiger partial charge < -0.3 is 14.6 Å². The number of benzene rings is 1. The Balaban J connectivity index is 1.88. The van der Waals surface area contributed by atoms with Gasteiger partial charge in [-0.05, 0) is 43.9 Å². The van der Waals surface area contributed by atoms with Gasteiger partial charge in [0.25, 0.3) is 5.91 Å². The average molecular weight is 330 g/mol. The molecule has 2 rings (SSSR count). The smallest absolute Gasteiger partial charge is 0.344 e. The second-order valence-electron chi connectivity index (χ2n) is 5.75. The number of carbonyl (C=O) groups is 2. The van der Waals surface area contributed by atoms with Crippen LogP contribution in [0.5, 0.6) is 0 Å². The van der Waals surface area contributed by atoms with Crippen LogP contribution in [0, 0.1) is 13.8 Å². The lowest BCUT2D eigenvalue weighted by Gasteiger charge is -2.10. The Morgan fingerprint density at radius 1 is 1.25 bits per heavy atom. The van der Waals surface area contributed by atoms with Crippen LogP contribution in [0.15, 0.2) is 28.8 Å². The zero-order valence-corrected chi connectivity index (χ0v) is 14.4. The van der Waals surface area contributed by atoms with E-state index in [-0.39, 0.29) is 12.2 Å². The van der Waals surface area contributed by atoms with Gasteiger partial charge in [-0.15, -0.1) is 0 Å². The molecule has 1 heterocycles. The summed E-state index contributed by atoms with van der Waals surface area (Å²) in [6.07, 6.45) is 1.06. The first kappa shape index (κ1) is 17.7. The maximum absolute atomic E-state index is 12.0. The summed E-state index contributed by atoms with van der Waals surface area (Å²) in [4.78, 5) is 23.9. The molecule has 1 N–H and O–H groups in total. The van der Waals surface area contributed by atoms with E-state index in [1.165, 1.54) is 5.56 Å². The van der Waals surface area contributed by atoms with Crippen molar-refractivity contribution in [3.63, 3.8) is 0 Å². The van der Waals surface area contributed by atoms with Gasteiger partial charge in [0.1, 0.15) is 11.3 Å². The molecule has 6 heteroatoms. The van der Waals surface area contributed by atoms with E-state index in [9.17, 15) is 9.59 Å². The lowest BCUT2D eigenvalue weighted by Crippen LogP contribution is -2.21. The molecule has 1 atom stereocenters. The summed E-state index contributed by atoms with van der Waals surface area (Å²) in [5, 5.41) is 6.39. The molecular weight excluding hydrogens is 308 g/mol. The van der Waals surface area contributed by atoms with Crippen molar-refractivity contribution in [3.05, 3.63) is 46.8 Å². The summed E-state index contributed by atoms with van der Waals surface area (Å²) in [5.74, 6) is -0.163. The molecule has 6 nitrogen and oxygen atoms in total. The van der Waals surface area contributed by atoms with Gasteiger partial charge in [-0.25, -0.2) is 4.79 Å². The number of nitrogens with one attached hydrogen (secondary N) is 1. The van der Waals surface area contributed by atoms with E-state index in [0.29, 0.717) is 23.1 Å². The number of ether oxygens (including phenoxy) is 1. The lowest BCUT2D eigenvalue weighted by molar-refractivity contribution is -0.119. The predicted octanol–water partition coefficient (Wildman–Crippen LogP) is 3.60. The van der Waals surface area contributed by atoms with E-state index in [4.69, 9.17) is 9.26 Å². The van der Waals surface area contributed by atoms with Gasteiger partial charge in [-0.1, -0.05) is 31.1 Å². The Hall–Kier alpha value is -2.63. The van der Waals surface area contributed by atoms with Crippen LogP contribution in [-0.2, 0) is 9.53 Å². The van der Waals surface area contributed by atoms with Crippen LogP contribution in [0.4, 0.5) is 5.69 Å². The van der Waals surface area contributed by atoms with Crippen molar-refractivity contribution in [2.75, 3.05) is 11.9 Å². The first-order chi connectivity index (χ1) is 11.4. The minimum absolute atomic E-state index is 0.265. The van der Waals surface area contributed by atoms with Gasteiger partial charge in [0.05, 0.1) is 5.69 Å². The minimum atomic E-state index is -0.617. The maximum atomic E-state index is 12.0. The highest BCUT2D eigenvalue weighted by molar-refractivity contribution is 5.96. The Morgan fingerprint density at radius 3 is 2.46 bits per heavy atom. The zero-order chi connectivity index (χ0) is 17.7. The maximum Gasteiger partial charge on any atom is 0.344 e. The van der Waals surface area contributed by atoms with E-state index in [1.54, 1.807) is 13.8 Å². The fraction of sp³-hybridized carbons (Fsp3) is 0.389. The quantitative estimate of drug-likeness (QED) is 0.818. The summed E-state index contributed by atoms with van der Waals surface area (Å²) in [7, 11) is 0. The molecule has 1 aromatic heterocycles. The number of aromatic nitrogens is 1. The van der Waals surface area contributed by atoms with Crippen LogP contribution in [0.25, 0.3) is 0 Å². The molecule has 1 unspecified atom stereocenters. The second kappa shape index (κ2) is 7.77. The summed E-state index contributed by atoms with van der Waals surface area (Å²) >= 11 is 0. The molecule has 24 heavy (non-hydrogen) atoms. The van der Waals surface area contributed by atoms with Crippen LogP contribution in [-0.4, -0.2) is 23.6 Å². The fourth-order valence-corrected chi connectivity index (χ4v) is 2.31. The highest BCUT2D eigenvalue weighted by Crippen LogP contribution is 2.20. The first-order valence-electron chi connectivity index (χ1n) is 7.92. The molecule has 0 bridgehead atoms. The van der Waals surface area contributed by atoms with Crippen LogP contribution in [0.2, 0.25) is 0 Å². The van der Waals surface area contributed by atoms with Crippen molar-refractivity contribution in [2.45, 2.75) is 40.0 Å². The zero-order valence-electron chi connectivity index (χ0n) is 14.4. The summed E-state index contributed by atoms with van der Waals surface area (Å²) in [6.45, 7) is 7.19. The Morgan fingerprint density at radius 2 is 1.92 bits per heavy atom. The van der Waals surface area contributed by atoms with Gasteiger partial charge in [0.2, 0.25) is 0 Å². The highest BCUT2D eigenvalue weighted by atomic mass is 16.5. The van der Waals surface area contributed by atoms with Crippen molar-refractivity contribution in [1.82, 2.24) is 5.16 Å². The number of esters is 1. The molecule has 0 spiro atoms. The van der Waals surface area contributed by atoms with E-state index in [1.807, 2.05) is 24.3 Å². The van der Waals surface area contributed by atoms with Crippen molar-refractivity contribution in [3.8, 4) is 0 Å². The largest absolute Gasteiger partial charge is 0.452 e. The number of rotatable bonds is 6. The number of hydrogen-bond acceptors (Lipinski definition) is 5. The summed E-state index contributed by atoms with van der Waals surface area (Å²) < 4.78 is 9.92. The van der Waals surface area contributed by atoms with Crippen molar-refractivity contribution in [2.24, 2.45) is 0 Å². The van der Waals surface area contributed by atoms with Gasteiger partial charge in [0, 0.05) is 5.69 Å². The van der Waals surface area contributed by atoms with Gasteiger partial charge >= 0.3 is 5.97 Å². The molecule has 0 saturated carbocycles. The Kier molecular flexibility index (Phi) is 5.73. The van der Waals surface area contributed by atoms with Crippen LogP contribution in [0.3, 0.4) is 0 Å². The molecule has 2 aromatic rings. The molecule has 0 radical (unpaired) electrons. The predicted molar refractivity (Wildman–Crippen MR) is 90.0 cm³/mol. The monoisotopic (exact) mass is 330 g/mol. The molecule has 0 aliphatic carbocycles. The Labute approximate surface area is 141 Å². The third-order valence-electron chi connectivity index (χ3n) is 3.95. The van der Waals surface area contributed by atoms with Crippen LogP contribution in [0.1, 0.15) is 53.6 Å². The molecule has 1 amide bonds. The molecule has 0 fully saturated rings. The number of nitrogens with zero attached hydrogens (tertiary/aromatic N) is 1. The average Bonchev–Trinajstić information content (AvgIpc) is 2.91. The SMILES string of the molecule is CCC(C)c1ccc(NC(=O)COC(=O)c2c(C)noc2C)cc1. The van der Waals surface area contributed by atoms with Crippen LogP contribution >= 0.6 is 0 Å². The normalized spacial score (nSPS) is 11.8. The molecule has 128 valence electrons. The molecule has 0 aliphatic heterocycles. The topological polar surface area (TPSA) is 81.4 Å². The number of aryl methyl sites for hydroxylation is 2.